The lowest BCUT2D eigenvalue weighted by molar-refractivity contribution is 0.0996. The molecule has 0 aliphatic rings. The molecule has 0 saturated heterocycles. The number of amides is 1. The lowest BCUT2D eigenvalue weighted by Gasteiger charge is -2.09. The van der Waals surface area contributed by atoms with Crippen LogP contribution in [0.1, 0.15) is 41.1 Å². The summed E-state index contributed by atoms with van der Waals surface area (Å²) in [6, 6.07) is 12.5. The van der Waals surface area contributed by atoms with Gasteiger partial charge in [-0.15, -0.1) is 0 Å². The standard InChI is InChI=1S/C23H21N3O4/c1-4-14-7-8-15(5-2)17(11-14)21-22(26-30-25-21)24-23(28)20-12-18(27)16-9-6-13(3)10-19(16)29-20/h6-12H,4-5H2,1-3H3,(H,24,26,28). The van der Waals surface area contributed by atoms with Gasteiger partial charge in [0.2, 0.25) is 5.82 Å². The lowest BCUT2D eigenvalue weighted by Crippen LogP contribution is -2.15. The normalized spacial score (nSPS) is 11.0. The van der Waals surface area contributed by atoms with Crippen molar-refractivity contribution in [1.82, 2.24) is 10.3 Å². The third-order valence-electron chi connectivity index (χ3n) is 5.05. The van der Waals surface area contributed by atoms with Crippen molar-refractivity contribution in [2.45, 2.75) is 33.6 Å². The van der Waals surface area contributed by atoms with E-state index in [0.717, 1.165) is 35.1 Å². The number of nitrogens with zero attached hydrogens (tertiary/aromatic N) is 2. The van der Waals surface area contributed by atoms with E-state index in [-0.39, 0.29) is 17.0 Å². The number of aryl methyl sites for hydroxylation is 3. The van der Waals surface area contributed by atoms with E-state index >= 15 is 0 Å². The number of anilines is 1. The Bertz CT molecular complexity index is 1300. The predicted molar refractivity (Wildman–Crippen MR) is 114 cm³/mol. The molecule has 0 spiro atoms. The Morgan fingerprint density at radius 1 is 1.03 bits per heavy atom. The van der Waals surface area contributed by atoms with Crippen molar-refractivity contribution in [1.29, 1.82) is 0 Å². The second-order valence-electron chi connectivity index (χ2n) is 7.09. The van der Waals surface area contributed by atoms with Crippen LogP contribution in [0.15, 0.2) is 56.3 Å². The number of aromatic nitrogens is 2. The third kappa shape index (κ3) is 3.61. The fourth-order valence-electron chi connectivity index (χ4n) is 3.36. The second kappa shape index (κ2) is 7.94. The van der Waals surface area contributed by atoms with Crippen LogP contribution in [0.25, 0.3) is 22.2 Å². The van der Waals surface area contributed by atoms with Crippen molar-refractivity contribution in [2.24, 2.45) is 0 Å². The molecule has 0 radical (unpaired) electrons. The van der Waals surface area contributed by atoms with Gasteiger partial charge in [-0.05, 0) is 65.0 Å². The minimum absolute atomic E-state index is 0.106. The minimum Gasteiger partial charge on any atom is -0.451 e. The molecule has 2 heterocycles. The predicted octanol–water partition coefficient (Wildman–Crippen LogP) is 4.53. The van der Waals surface area contributed by atoms with Crippen molar-refractivity contribution in [3.8, 4) is 11.3 Å². The SMILES string of the molecule is CCc1ccc(CC)c(-c2nonc2NC(=O)c2cc(=O)c3ccc(C)cc3o2)c1. The minimum atomic E-state index is -0.600. The summed E-state index contributed by atoms with van der Waals surface area (Å²) >= 11 is 0. The van der Waals surface area contributed by atoms with Gasteiger partial charge in [-0.3, -0.25) is 14.9 Å². The first-order valence-electron chi connectivity index (χ1n) is 9.80. The molecule has 0 saturated carbocycles. The largest absolute Gasteiger partial charge is 0.451 e. The Kier molecular flexibility index (Phi) is 5.18. The smallest absolute Gasteiger partial charge is 0.292 e. The Morgan fingerprint density at radius 2 is 1.87 bits per heavy atom. The van der Waals surface area contributed by atoms with Gasteiger partial charge in [-0.1, -0.05) is 32.0 Å². The summed E-state index contributed by atoms with van der Waals surface area (Å²) in [6.07, 6.45) is 1.66. The average molecular weight is 403 g/mol. The monoisotopic (exact) mass is 403 g/mol. The maximum atomic E-state index is 12.8. The molecule has 7 nitrogen and oxygen atoms in total. The van der Waals surface area contributed by atoms with Gasteiger partial charge in [0.1, 0.15) is 5.58 Å². The number of rotatable bonds is 5. The van der Waals surface area contributed by atoms with E-state index < -0.39 is 5.91 Å². The van der Waals surface area contributed by atoms with Crippen LogP contribution in [0, 0.1) is 6.92 Å². The van der Waals surface area contributed by atoms with Crippen LogP contribution < -0.4 is 10.7 Å². The van der Waals surface area contributed by atoms with Gasteiger partial charge < -0.3 is 4.42 Å². The molecule has 0 fully saturated rings. The molecule has 0 aliphatic carbocycles. The van der Waals surface area contributed by atoms with Gasteiger partial charge in [-0.25, -0.2) is 4.63 Å². The van der Waals surface area contributed by atoms with Crippen LogP contribution in [0.5, 0.6) is 0 Å². The molecular formula is C23H21N3O4. The number of carbonyl (C=O) groups excluding carboxylic acids is 1. The molecule has 2 aromatic carbocycles. The number of fused-ring (bicyclic) bond motifs is 1. The molecule has 152 valence electrons. The summed E-state index contributed by atoms with van der Waals surface area (Å²) in [6.45, 7) is 6.00. The summed E-state index contributed by atoms with van der Waals surface area (Å²) in [7, 11) is 0. The first-order chi connectivity index (χ1) is 14.5. The molecule has 2 aromatic heterocycles. The van der Waals surface area contributed by atoms with E-state index in [1.165, 1.54) is 6.07 Å². The molecule has 30 heavy (non-hydrogen) atoms. The van der Waals surface area contributed by atoms with Crippen molar-refractivity contribution in [2.75, 3.05) is 5.32 Å². The quantitative estimate of drug-likeness (QED) is 0.526. The zero-order valence-corrected chi connectivity index (χ0v) is 17.0. The first-order valence-corrected chi connectivity index (χ1v) is 9.80. The van der Waals surface area contributed by atoms with Crippen molar-refractivity contribution in [3.05, 3.63) is 75.1 Å². The summed E-state index contributed by atoms with van der Waals surface area (Å²) in [5.74, 6) is -0.530. The highest BCUT2D eigenvalue weighted by Gasteiger charge is 2.20. The Hall–Kier alpha value is -3.74. The Balaban J connectivity index is 1.71. The van der Waals surface area contributed by atoms with E-state index in [9.17, 15) is 9.59 Å². The lowest BCUT2D eigenvalue weighted by atomic mass is 9.98. The van der Waals surface area contributed by atoms with Crippen LogP contribution >= 0.6 is 0 Å². The zero-order chi connectivity index (χ0) is 21.3. The molecule has 4 aromatic rings. The van der Waals surface area contributed by atoms with Crippen molar-refractivity contribution in [3.63, 3.8) is 0 Å². The highest BCUT2D eigenvalue weighted by Crippen LogP contribution is 2.30. The van der Waals surface area contributed by atoms with Crippen LogP contribution in [-0.2, 0) is 12.8 Å². The molecule has 7 heteroatoms. The van der Waals surface area contributed by atoms with Gasteiger partial charge in [0.05, 0.1) is 5.39 Å². The van der Waals surface area contributed by atoms with Crippen LogP contribution in [-0.4, -0.2) is 16.2 Å². The van der Waals surface area contributed by atoms with E-state index in [0.29, 0.717) is 16.7 Å². The van der Waals surface area contributed by atoms with Crippen LogP contribution in [0.3, 0.4) is 0 Å². The number of nitrogens with one attached hydrogen (secondary N) is 1. The number of benzene rings is 2. The summed E-state index contributed by atoms with van der Waals surface area (Å²) in [4.78, 5) is 25.2. The third-order valence-corrected chi connectivity index (χ3v) is 5.05. The van der Waals surface area contributed by atoms with E-state index in [1.54, 1.807) is 12.1 Å². The Morgan fingerprint density at radius 3 is 2.63 bits per heavy atom. The van der Waals surface area contributed by atoms with Crippen molar-refractivity contribution >= 4 is 22.7 Å². The fraction of sp³-hybridized carbons (Fsp3) is 0.217. The van der Waals surface area contributed by atoms with Gasteiger partial charge in [-0.2, -0.15) is 0 Å². The molecule has 4 rings (SSSR count). The molecular weight excluding hydrogens is 382 g/mol. The summed E-state index contributed by atoms with van der Waals surface area (Å²) in [5, 5.41) is 10.9. The highest BCUT2D eigenvalue weighted by atomic mass is 16.6. The van der Waals surface area contributed by atoms with Crippen LogP contribution in [0.2, 0.25) is 0 Å². The number of carbonyl (C=O) groups is 1. The molecule has 0 atom stereocenters. The maximum absolute atomic E-state index is 12.8. The second-order valence-corrected chi connectivity index (χ2v) is 7.09. The molecule has 0 unspecified atom stereocenters. The van der Waals surface area contributed by atoms with E-state index in [1.807, 2.05) is 32.0 Å². The van der Waals surface area contributed by atoms with Crippen molar-refractivity contribution < 1.29 is 13.8 Å². The molecule has 0 aliphatic heterocycles. The fourth-order valence-corrected chi connectivity index (χ4v) is 3.36. The number of hydrogen-bond acceptors (Lipinski definition) is 6. The van der Waals surface area contributed by atoms with Gasteiger partial charge in [0.15, 0.2) is 16.9 Å². The van der Waals surface area contributed by atoms with Crippen LogP contribution in [0.4, 0.5) is 5.82 Å². The van der Waals surface area contributed by atoms with E-state index in [4.69, 9.17) is 9.05 Å². The zero-order valence-electron chi connectivity index (χ0n) is 17.0. The maximum Gasteiger partial charge on any atom is 0.292 e. The molecule has 0 bridgehead atoms. The van der Waals surface area contributed by atoms with Gasteiger partial charge in [0.25, 0.3) is 5.91 Å². The average Bonchev–Trinajstić information content (AvgIpc) is 3.20. The highest BCUT2D eigenvalue weighted by molar-refractivity contribution is 6.04. The summed E-state index contributed by atoms with van der Waals surface area (Å²) < 4.78 is 10.6. The Labute approximate surface area is 172 Å². The first kappa shape index (κ1) is 19.6. The van der Waals surface area contributed by atoms with Gasteiger partial charge >= 0.3 is 0 Å². The molecule has 1 N–H and O–H groups in total. The summed E-state index contributed by atoms with van der Waals surface area (Å²) in [5.41, 5.74) is 4.48. The van der Waals surface area contributed by atoms with Gasteiger partial charge in [0, 0.05) is 11.6 Å². The topological polar surface area (TPSA) is 98.2 Å². The van der Waals surface area contributed by atoms with E-state index in [2.05, 4.69) is 28.6 Å². The molecule has 1 amide bonds. The number of hydrogen-bond donors (Lipinski definition) is 1.